The number of piperidine rings is 1. The van der Waals surface area contributed by atoms with Gasteiger partial charge in [0.1, 0.15) is 34.2 Å². The van der Waals surface area contributed by atoms with Crippen molar-refractivity contribution >= 4 is 28.3 Å². The summed E-state index contributed by atoms with van der Waals surface area (Å²) in [5.41, 5.74) is 6.08. The molecule has 234 valence electrons. The molecule has 4 heterocycles. The number of methoxy groups -OCH3 is 3. The second-order valence-electron chi connectivity index (χ2n) is 11.6. The van der Waals surface area contributed by atoms with Crippen LogP contribution in [0.3, 0.4) is 0 Å². The zero-order valence-corrected chi connectivity index (χ0v) is 26.4. The van der Waals surface area contributed by atoms with Crippen molar-refractivity contribution in [1.29, 1.82) is 0 Å². The number of anilines is 2. The van der Waals surface area contributed by atoms with Gasteiger partial charge in [-0.1, -0.05) is 42.5 Å². The molecule has 1 fully saturated rings. The fourth-order valence-corrected chi connectivity index (χ4v) is 6.50. The first-order valence-corrected chi connectivity index (χ1v) is 15.7. The summed E-state index contributed by atoms with van der Waals surface area (Å²) < 4.78 is 18.8. The first-order valence-electron chi connectivity index (χ1n) is 15.7. The van der Waals surface area contributed by atoms with E-state index < -0.39 is 0 Å². The van der Waals surface area contributed by atoms with Crippen LogP contribution in [-0.4, -0.2) is 53.8 Å². The van der Waals surface area contributed by atoms with Gasteiger partial charge in [0.15, 0.2) is 0 Å². The SMILES string of the molecule is COc1ccc(CNc2nc3c(OC)cccc3c3nc(Cc4cccnc4N4CCC(c5ccccc5)CC4)cn23)c(OC)c1. The molecular formula is C37H38N6O3. The van der Waals surface area contributed by atoms with Crippen molar-refractivity contribution in [3.8, 4) is 17.2 Å². The minimum atomic E-state index is 0.495. The topological polar surface area (TPSA) is 86.0 Å². The van der Waals surface area contributed by atoms with E-state index in [2.05, 4.69) is 52.8 Å². The van der Waals surface area contributed by atoms with Crippen molar-refractivity contribution in [3.63, 3.8) is 0 Å². The molecule has 0 bridgehead atoms. The Bertz CT molecular complexity index is 1970. The Labute approximate surface area is 268 Å². The summed E-state index contributed by atoms with van der Waals surface area (Å²) in [5, 5.41) is 4.46. The molecule has 0 amide bonds. The number of nitrogens with zero attached hydrogens (tertiary/aromatic N) is 5. The quantitative estimate of drug-likeness (QED) is 0.179. The number of pyridine rings is 1. The lowest BCUT2D eigenvalue weighted by Gasteiger charge is -2.34. The number of rotatable bonds is 10. The number of aromatic nitrogens is 4. The van der Waals surface area contributed by atoms with Crippen LogP contribution >= 0.6 is 0 Å². The monoisotopic (exact) mass is 614 g/mol. The van der Waals surface area contributed by atoms with Gasteiger partial charge in [0.2, 0.25) is 5.95 Å². The van der Waals surface area contributed by atoms with E-state index in [1.165, 1.54) is 5.56 Å². The minimum Gasteiger partial charge on any atom is -0.497 e. The van der Waals surface area contributed by atoms with Gasteiger partial charge in [0.05, 0.1) is 27.0 Å². The van der Waals surface area contributed by atoms with E-state index in [0.29, 0.717) is 30.6 Å². The van der Waals surface area contributed by atoms with Gasteiger partial charge in [0, 0.05) is 61.0 Å². The molecule has 7 rings (SSSR count). The van der Waals surface area contributed by atoms with E-state index in [1.54, 1.807) is 21.3 Å². The third-order valence-corrected chi connectivity index (χ3v) is 8.90. The van der Waals surface area contributed by atoms with Crippen molar-refractivity contribution in [3.05, 3.63) is 114 Å². The molecule has 9 nitrogen and oxygen atoms in total. The average molecular weight is 615 g/mol. The van der Waals surface area contributed by atoms with Crippen molar-refractivity contribution in [2.45, 2.75) is 31.7 Å². The predicted molar refractivity (Wildman–Crippen MR) is 182 cm³/mol. The molecule has 1 aliphatic rings. The Morgan fingerprint density at radius 2 is 1.63 bits per heavy atom. The molecule has 0 saturated carbocycles. The average Bonchev–Trinajstić information content (AvgIpc) is 3.55. The normalized spacial score (nSPS) is 13.7. The van der Waals surface area contributed by atoms with Crippen LogP contribution in [0, 0.1) is 0 Å². The molecular weight excluding hydrogens is 576 g/mol. The van der Waals surface area contributed by atoms with Gasteiger partial charge < -0.3 is 24.4 Å². The Morgan fingerprint density at radius 1 is 0.804 bits per heavy atom. The van der Waals surface area contributed by atoms with Crippen LogP contribution in [0.4, 0.5) is 11.8 Å². The van der Waals surface area contributed by atoms with Crippen LogP contribution in [0.25, 0.3) is 16.6 Å². The van der Waals surface area contributed by atoms with Crippen molar-refractivity contribution in [2.75, 3.05) is 44.6 Å². The first kappa shape index (κ1) is 29.4. The van der Waals surface area contributed by atoms with Crippen molar-refractivity contribution < 1.29 is 14.2 Å². The van der Waals surface area contributed by atoms with Gasteiger partial charge in [0.25, 0.3) is 0 Å². The molecule has 0 radical (unpaired) electrons. The van der Waals surface area contributed by atoms with Crippen LogP contribution in [0.15, 0.2) is 91.3 Å². The molecule has 1 N–H and O–H groups in total. The summed E-state index contributed by atoms with van der Waals surface area (Å²) in [5.74, 6) is 4.47. The number of ether oxygens (including phenoxy) is 3. The highest BCUT2D eigenvalue weighted by molar-refractivity contribution is 5.96. The predicted octanol–water partition coefficient (Wildman–Crippen LogP) is 6.89. The summed E-state index contributed by atoms with van der Waals surface area (Å²) in [7, 11) is 4.98. The summed E-state index contributed by atoms with van der Waals surface area (Å²) in [6.07, 6.45) is 6.85. The Kier molecular flexibility index (Phi) is 8.29. The van der Waals surface area contributed by atoms with E-state index in [-0.39, 0.29) is 0 Å². The number of nitrogens with one attached hydrogen (secondary N) is 1. The van der Waals surface area contributed by atoms with Crippen molar-refractivity contribution in [1.82, 2.24) is 19.4 Å². The van der Waals surface area contributed by atoms with Gasteiger partial charge in [-0.2, -0.15) is 0 Å². The van der Waals surface area contributed by atoms with E-state index in [9.17, 15) is 0 Å². The highest BCUT2D eigenvalue weighted by Crippen LogP contribution is 2.33. The summed E-state index contributed by atoms with van der Waals surface area (Å²) in [6, 6.07) is 26.8. The number of hydrogen-bond donors (Lipinski definition) is 1. The molecule has 1 aliphatic heterocycles. The van der Waals surface area contributed by atoms with E-state index in [4.69, 9.17) is 29.2 Å². The fourth-order valence-electron chi connectivity index (χ4n) is 6.50. The van der Waals surface area contributed by atoms with Crippen LogP contribution in [-0.2, 0) is 13.0 Å². The van der Waals surface area contributed by atoms with Crippen LogP contribution < -0.4 is 24.4 Å². The maximum absolute atomic E-state index is 5.70. The van der Waals surface area contributed by atoms with E-state index >= 15 is 0 Å². The second-order valence-corrected chi connectivity index (χ2v) is 11.6. The smallest absolute Gasteiger partial charge is 0.209 e. The number of imidazole rings is 1. The molecule has 0 aliphatic carbocycles. The largest absolute Gasteiger partial charge is 0.497 e. The number of benzene rings is 3. The van der Waals surface area contributed by atoms with Gasteiger partial charge in [-0.15, -0.1) is 0 Å². The fraction of sp³-hybridized carbons (Fsp3) is 0.270. The molecule has 1 saturated heterocycles. The summed E-state index contributed by atoms with van der Waals surface area (Å²) >= 11 is 0. The van der Waals surface area contributed by atoms with Gasteiger partial charge in [-0.25, -0.2) is 15.0 Å². The minimum absolute atomic E-state index is 0.495. The first-order chi connectivity index (χ1) is 22.6. The summed E-state index contributed by atoms with van der Waals surface area (Å²) in [6.45, 7) is 2.45. The third kappa shape index (κ3) is 5.76. The molecule has 0 atom stereocenters. The lowest BCUT2D eigenvalue weighted by molar-refractivity contribution is 0.391. The Balaban J connectivity index is 1.20. The maximum atomic E-state index is 5.70. The lowest BCUT2D eigenvalue weighted by atomic mass is 9.89. The Hall–Kier alpha value is -5.31. The second kappa shape index (κ2) is 13.0. The van der Waals surface area contributed by atoms with Crippen molar-refractivity contribution in [2.24, 2.45) is 0 Å². The van der Waals surface area contributed by atoms with Gasteiger partial charge in [-0.05, 0) is 54.7 Å². The lowest BCUT2D eigenvalue weighted by Crippen LogP contribution is -2.34. The maximum Gasteiger partial charge on any atom is 0.209 e. The molecule has 0 spiro atoms. The molecule has 6 aromatic rings. The highest BCUT2D eigenvalue weighted by atomic mass is 16.5. The number of fused-ring (bicyclic) bond motifs is 3. The molecule has 46 heavy (non-hydrogen) atoms. The number of hydrogen-bond acceptors (Lipinski definition) is 8. The molecule has 9 heteroatoms. The standard InChI is InChI=1S/C37H38N6O3/c1-44-30-15-14-28(33(22-30)46-3)23-39-37-41-34-31(12-7-13-32(34)45-2)36-40-29(24-43(36)37)21-27-11-8-18-38-35(27)42-19-16-26(17-20-42)25-9-5-4-6-10-25/h4-15,18,22,24,26H,16-17,19-21,23H2,1-3H3,(H,39,41). The zero-order valence-electron chi connectivity index (χ0n) is 26.4. The molecule has 3 aromatic heterocycles. The van der Waals surface area contributed by atoms with Gasteiger partial charge >= 0.3 is 0 Å². The third-order valence-electron chi connectivity index (χ3n) is 8.90. The number of para-hydroxylation sites is 1. The highest BCUT2D eigenvalue weighted by Gasteiger charge is 2.24. The van der Waals surface area contributed by atoms with Gasteiger partial charge in [-0.3, -0.25) is 4.40 Å². The Morgan fingerprint density at radius 3 is 2.41 bits per heavy atom. The van der Waals surface area contributed by atoms with E-state index in [0.717, 1.165) is 76.6 Å². The van der Waals surface area contributed by atoms with Crippen LogP contribution in [0.5, 0.6) is 17.2 Å². The molecule has 0 unspecified atom stereocenters. The molecule has 3 aromatic carbocycles. The summed E-state index contributed by atoms with van der Waals surface area (Å²) in [4.78, 5) is 17.5. The van der Waals surface area contributed by atoms with Crippen LogP contribution in [0.1, 0.15) is 41.1 Å². The van der Waals surface area contributed by atoms with E-state index in [1.807, 2.05) is 53.1 Å². The van der Waals surface area contributed by atoms with Crippen LogP contribution in [0.2, 0.25) is 0 Å². The zero-order chi connectivity index (χ0) is 31.5.